The number of hydrogen-bond acceptors (Lipinski definition) is 5. The molecule has 0 fully saturated rings. The van der Waals surface area contributed by atoms with Crippen LogP contribution in [0.15, 0.2) is 48.7 Å². The number of carboxylic acid groups (broad SMARTS) is 1. The summed E-state index contributed by atoms with van der Waals surface area (Å²) in [5.74, 6) is -0.601. The molecular formula is C18H18N4O3. The first-order valence-electron chi connectivity index (χ1n) is 7.61. The molecule has 0 radical (unpaired) electrons. The summed E-state index contributed by atoms with van der Waals surface area (Å²) in [6.07, 6.45) is 1.59. The Morgan fingerprint density at radius 1 is 1.20 bits per heavy atom. The molecule has 0 bridgehead atoms. The van der Waals surface area contributed by atoms with E-state index in [-0.39, 0.29) is 5.69 Å². The number of carboxylic acids is 1. The molecule has 3 rings (SSSR count). The highest BCUT2D eigenvalue weighted by atomic mass is 16.5. The largest absolute Gasteiger partial charge is 0.481 e. The standard InChI is InChI=1S/C18H18N4O3/c1-21(2)13-6-4-5-12(9-13)16-10-15(18(23)24)20-22(16)14-7-8-17(25-3)19-11-14/h4-11H,1-3H3,(H,23,24). The third kappa shape index (κ3) is 3.30. The number of nitrogens with zero attached hydrogens (tertiary/aromatic N) is 4. The Morgan fingerprint density at radius 3 is 2.60 bits per heavy atom. The van der Waals surface area contributed by atoms with Gasteiger partial charge in [-0.3, -0.25) is 0 Å². The van der Waals surface area contributed by atoms with Gasteiger partial charge in [-0.2, -0.15) is 5.10 Å². The van der Waals surface area contributed by atoms with Gasteiger partial charge in [-0.1, -0.05) is 12.1 Å². The zero-order chi connectivity index (χ0) is 18.0. The lowest BCUT2D eigenvalue weighted by Crippen LogP contribution is -2.08. The fourth-order valence-electron chi connectivity index (χ4n) is 2.45. The van der Waals surface area contributed by atoms with Gasteiger partial charge in [-0.15, -0.1) is 0 Å². The van der Waals surface area contributed by atoms with Crippen LogP contribution in [-0.4, -0.2) is 47.0 Å². The maximum Gasteiger partial charge on any atom is 0.356 e. The van der Waals surface area contributed by atoms with Crippen molar-refractivity contribution in [2.45, 2.75) is 0 Å². The molecule has 128 valence electrons. The molecule has 7 heteroatoms. The number of carbonyl (C=O) groups is 1. The molecule has 0 unspecified atom stereocenters. The van der Waals surface area contributed by atoms with Crippen molar-refractivity contribution in [2.75, 3.05) is 26.1 Å². The molecule has 0 spiro atoms. The molecule has 0 saturated carbocycles. The van der Waals surface area contributed by atoms with Crippen LogP contribution >= 0.6 is 0 Å². The predicted molar refractivity (Wildman–Crippen MR) is 94.6 cm³/mol. The van der Waals surface area contributed by atoms with Crippen LogP contribution in [0, 0.1) is 0 Å². The summed E-state index contributed by atoms with van der Waals surface area (Å²) >= 11 is 0. The quantitative estimate of drug-likeness (QED) is 0.770. The van der Waals surface area contributed by atoms with Gasteiger partial charge in [0.1, 0.15) is 0 Å². The number of benzene rings is 1. The van der Waals surface area contributed by atoms with Gasteiger partial charge in [0.05, 0.1) is 24.7 Å². The first-order valence-corrected chi connectivity index (χ1v) is 7.61. The third-order valence-electron chi connectivity index (χ3n) is 3.76. The van der Waals surface area contributed by atoms with Crippen molar-refractivity contribution in [3.05, 3.63) is 54.4 Å². The molecule has 1 aromatic carbocycles. The Kier molecular flexibility index (Phi) is 4.38. The zero-order valence-corrected chi connectivity index (χ0v) is 14.2. The average molecular weight is 338 g/mol. The SMILES string of the molecule is COc1ccc(-n2nc(C(=O)O)cc2-c2cccc(N(C)C)c2)cn1. The van der Waals surface area contributed by atoms with Gasteiger partial charge >= 0.3 is 5.97 Å². The Morgan fingerprint density at radius 2 is 2.00 bits per heavy atom. The summed E-state index contributed by atoms with van der Waals surface area (Å²) in [6.45, 7) is 0. The molecule has 0 aliphatic carbocycles. The summed E-state index contributed by atoms with van der Waals surface area (Å²) in [7, 11) is 5.44. The molecule has 7 nitrogen and oxygen atoms in total. The van der Waals surface area contributed by atoms with Gasteiger partial charge in [0, 0.05) is 31.4 Å². The lowest BCUT2D eigenvalue weighted by Gasteiger charge is -2.14. The second kappa shape index (κ2) is 6.64. The van der Waals surface area contributed by atoms with Crippen molar-refractivity contribution in [2.24, 2.45) is 0 Å². The maximum atomic E-state index is 11.4. The minimum absolute atomic E-state index is 0.0268. The molecule has 25 heavy (non-hydrogen) atoms. The van der Waals surface area contributed by atoms with E-state index in [1.54, 1.807) is 29.1 Å². The van der Waals surface area contributed by atoms with Crippen molar-refractivity contribution in [3.63, 3.8) is 0 Å². The number of aromatic nitrogens is 3. The van der Waals surface area contributed by atoms with Crippen LogP contribution in [0.5, 0.6) is 5.88 Å². The van der Waals surface area contributed by atoms with E-state index in [0.29, 0.717) is 17.3 Å². The van der Waals surface area contributed by atoms with Crippen molar-refractivity contribution in [3.8, 4) is 22.8 Å². The van der Waals surface area contributed by atoms with Crippen LogP contribution in [0.1, 0.15) is 10.5 Å². The van der Waals surface area contributed by atoms with Crippen molar-refractivity contribution < 1.29 is 14.6 Å². The summed E-state index contributed by atoms with van der Waals surface area (Å²) in [5.41, 5.74) is 3.17. The van der Waals surface area contributed by atoms with Crippen LogP contribution in [-0.2, 0) is 0 Å². The number of methoxy groups -OCH3 is 1. The van der Waals surface area contributed by atoms with E-state index in [1.165, 1.54) is 7.11 Å². The van der Waals surface area contributed by atoms with Crippen LogP contribution in [0.25, 0.3) is 16.9 Å². The highest BCUT2D eigenvalue weighted by Crippen LogP contribution is 2.27. The Labute approximate surface area is 145 Å². The fourth-order valence-corrected chi connectivity index (χ4v) is 2.45. The van der Waals surface area contributed by atoms with Crippen molar-refractivity contribution >= 4 is 11.7 Å². The Hall–Kier alpha value is -3.35. The molecule has 3 aromatic rings. The normalized spacial score (nSPS) is 10.5. The number of hydrogen-bond donors (Lipinski definition) is 1. The van der Waals surface area contributed by atoms with E-state index in [1.807, 2.05) is 43.3 Å². The molecule has 0 aliphatic rings. The molecule has 2 heterocycles. The Bertz CT molecular complexity index is 901. The molecule has 1 N–H and O–H groups in total. The average Bonchev–Trinajstić information content (AvgIpc) is 3.07. The highest BCUT2D eigenvalue weighted by Gasteiger charge is 2.16. The number of aromatic carboxylic acids is 1. The van der Waals surface area contributed by atoms with Gasteiger partial charge in [0.15, 0.2) is 5.69 Å². The van der Waals surface area contributed by atoms with E-state index >= 15 is 0 Å². The van der Waals surface area contributed by atoms with Gasteiger partial charge in [-0.25, -0.2) is 14.5 Å². The predicted octanol–water partition coefficient (Wildman–Crippen LogP) is 2.71. The van der Waals surface area contributed by atoms with Gasteiger partial charge in [0.25, 0.3) is 0 Å². The molecule has 0 aliphatic heterocycles. The summed E-state index contributed by atoms with van der Waals surface area (Å²) in [6, 6.07) is 12.9. The molecule has 2 aromatic heterocycles. The number of rotatable bonds is 5. The second-order valence-corrected chi connectivity index (χ2v) is 5.64. The fraction of sp³-hybridized carbons (Fsp3) is 0.167. The Balaban J connectivity index is 2.15. The monoisotopic (exact) mass is 338 g/mol. The number of anilines is 1. The summed E-state index contributed by atoms with van der Waals surface area (Å²) in [4.78, 5) is 17.5. The van der Waals surface area contributed by atoms with E-state index in [0.717, 1.165) is 11.3 Å². The van der Waals surface area contributed by atoms with E-state index in [9.17, 15) is 9.90 Å². The van der Waals surface area contributed by atoms with E-state index < -0.39 is 5.97 Å². The maximum absolute atomic E-state index is 11.4. The first-order chi connectivity index (χ1) is 12.0. The van der Waals surface area contributed by atoms with Crippen molar-refractivity contribution in [1.29, 1.82) is 0 Å². The first kappa shape index (κ1) is 16.5. The van der Waals surface area contributed by atoms with Crippen LogP contribution in [0.2, 0.25) is 0 Å². The van der Waals surface area contributed by atoms with Gasteiger partial charge in [0.2, 0.25) is 5.88 Å². The van der Waals surface area contributed by atoms with Crippen LogP contribution < -0.4 is 9.64 Å². The number of pyridine rings is 1. The molecule has 0 amide bonds. The van der Waals surface area contributed by atoms with Crippen LogP contribution in [0.3, 0.4) is 0 Å². The lowest BCUT2D eigenvalue weighted by molar-refractivity contribution is 0.0690. The smallest absolute Gasteiger partial charge is 0.356 e. The topological polar surface area (TPSA) is 80.5 Å². The van der Waals surface area contributed by atoms with E-state index in [2.05, 4.69) is 10.1 Å². The lowest BCUT2D eigenvalue weighted by atomic mass is 10.1. The highest BCUT2D eigenvalue weighted by molar-refractivity contribution is 5.87. The molecule has 0 saturated heterocycles. The minimum atomic E-state index is -1.08. The van der Waals surface area contributed by atoms with E-state index in [4.69, 9.17) is 4.74 Å². The van der Waals surface area contributed by atoms with Gasteiger partial charge in [-0.05, 0) is 24.3 Å². The summed E-state index contributed by atoms with van der Waals surface area (Å²) in [5, 5.41) is 13.5. The zero-order valence-electron chi connectivity index (χ0n) is 14.2. The number of ether oxygens (including phenoxy) is 1. The van der Waals surface area contributed by atoms with Gasteiger partial charge < -0.3 is 14.7 Å². The molecular weight excluding hydrogens is 320 g/mol. The van der Waals surface area contributed by atoms with Crippen molar-refractivity contribution in [1.82, 2.24) is 14.8 Å². The third-order valence-corrected chi connectivity index (χ3v) is 3.76. The minimum Gasteiger partial charge on any atom is -0.481 e. The molecule has 0 atom stereocenters. The second-order valence-electron chi connectivity index (χ2n) is 5.64. The van der Waals surface area contributed by atoms with Crippen LogP contribution in [0.4, 0.5) is 5.69 Å². The summed E-state index contributed by atoms with van der Waals surface area (Å²) < 4.78 is 6.64.